The number of carbonyl (C=O) groups excluding carboxylic acids is 3. The van der Waals surface area contributed by atoms with Crippen LogP contribution >= 0.6 is 0 Å². The summed E-state index contributed by atoms with van der Waals surface area (Å²) in [5, 5.41) is 4.28. The molecule has 0 radical (unpaired) electrons. The minimum atomic E-state index is -1.03. The van der Waals surface area contributed by atoms with Crippen LogP contribution in [0.1, 0.15) is 25.3 Å². The van der Waals surface area contributed by atoms with Crippen molar-refractivity contribution in [1.29, 1.82) is 0 Å². The summed E-state index contributed by atoms with van der Waals surface area (Å²) in [6.45, 7) is 3.74. The number of hydrogen-bond acceptors (Lipinski definition) is 5. The number of esters is 1. The van der Waals surface area contributed by atoms with Gasteiger partial charge in [-0.3, -0.25) is 14.9 Å². The number of carbonyl (C=O) groups is 3. The molecule has 1 aromatic rings. The van der Waals surface area contributed by atoms with Crippen molar-refractivity contribution < 1.29 is 23.9 Å². The number of imide groups is 1. The van der Waals surface area contributed by atoms with E-state index in [4.69, 9.17) is 9.47 Å². The number of ether oxygens (including phenoxy) is 2. The fraction of sp³-hybridized carbons (Fsp3) is 0.438. The van der Waals surface area contributed by atoms with Crippen LogP contribution in [0, 0.1) is 6.92 Å². The zero-order valence-corrected chi connectivity index (χ0v) is 13.5. The maximum Gasteiger partial charge on any atom is 0.321 e. The summed E-state index contributed by atoms with van der Waals surface area (Å²) in [4.78, 5) is 34.1. The first-order valence-electron chi connectivity index (χ1n) is 7.34. The highest BCUT2D eigenvalue weighted by atomic mass is 16.5. The van der Waals surface area contributed by atoms with E-state index in [0.29, 0.717) is 13.0 Å². The summed E-state index contributed by atoms with van der Waals surface area (Å²) in [6.07, 6.45) is -0.433. The van der Waals surface area contributed by atoms with Gasteiger partial charge in [-0.25, -0.2) is 4.79 Å². The van der Waals surface area contributed by atoms with Crippen molar-refractivity contribution in [1.82, 2.24) is 10.6 Å². The highest BCUT2D eigenvalue weighted by molar-refractivity contribution is 5.96. The van der Waals surface area contributed by atoms with E-state index >= 15 is 0 Å². The Hall–Kier alpha value is -2.57. The largest absolute Gasteiger partial charge is 0.494 e. The van der Waals surface area contributed by atoms with Gasteiger partial charge in [0.05, 0.1) is 6.61 Å². The van der Waals surface area contributed by atoms with E-state index in [-0.39, 0.29) is 6.42 Å². The van der Waals surface area contributed by atoms with Crippen LogP contribution in [0.2, 0.25) is 0 Å². The molecule has 0 aliphatic heterocycles. The van der Waals surface area contributed by atoms with Gasteiger partial charge in [0.2, 0.25) is 0 Å². The van der Waals surface area contributed by atoms with Gasteiger partial charge < -0.3 is 14.8 Å². The second-order valence-corrected chi connectivity index (χ2v) is 4.97. The van der Waals surface area contributed by atoms with Crippen LogP contribution in [0.3, 0.4) is 0 Å². The normalized spacial score (nSPS) is 11.3. The SMILES string of the molecule is CNC(=O)NC(=O)C(C)OC(=O)CCCOc1cccc(C)c1. The molecule has 23 heavy (non-hydrogen) atoms. The van der Waals surface area contributed by atoms with Gasteiger partial charge in [0.25, 0.3) is 5.91 Å². The molecule has 7 heteroatoms. The van der Waals surface area contributed by atoms with Gasteiger partial charge in [0, 0.05) is 13.5 Å². The predicted molar refractivity (Wildman–Crippen MR) is 84.1 cm³/mol. The summed E-state index contributed by atoms with van der Waals surface area (Å²) in [5.41, 5.74) is 1.10. The minimum absolute atomic E-state index is 0.128. The van der Waals surface area contributed by atoms with Gasteiger partial charge in [-0.1, -0.05) is 12.1 Å². The Kier molecular flexibility index (Phi) is 7.59. The Morgan fingerprint density at radius 2 is 2.00 bits per heavy atom. The minimum Gasteiger partial charge on any atom is -0.494 e. The van der Waals surface area contributed by atoms with Crippen molar-refractivity contribution >= 4 is 17.9 Å². The van der Waals surface area contributed by atoms with Gasteiger partial charge in [0.1, 0.15) is 5.75 Å². The monoisotopic (exact) mass is 322 g/mol. The average Bonchev–Trinajstić information content (AvgIpc) is 2.51. The number of nitrogens with one attached hydrogen (secondary N) is 2. The van der Waals surface area contributed by atoms with Crippen molar-refractivity contribution in [3.05, 3.63) is 29.8 Å². The first kappa shape index (κ1) is 18.5. The molecule has 1 unspecified atom stereocenters. The molecule has 1 aromatic carbocycles. The molecule has 1 atom stereocenters. The van der Waals surface area contributed by atoms with Gasteiger partial charge >= 0.3 is 12.0 Å². The Bertz CT molecular complexity index is 559. The molecule has 0 fully saturated rings. The van der Waals surface area contributed by atoms with Gasteiger partial charge in [0.15, 0.2) is 6.10 Å². The lowest BCUT2D eigenvalue weighted by atomic mass is 10.2. The third-order valence-corrected chi connectivity index (χ3v) is 2.92. The maximum absolute atomic E-state index is 11.6. The van der Waals surface area contributed by atoms with Gasteiger partial charge in [-0.15, -0.1) is 0 Å². The van der Waals surface area contributed by atoms with Crippen molar-refractivity contribution in [2.24, 2.45) is 0 Å². The van der Waals surface area contributed by atoms with Crippen LogP contribution < -0.4 is 15.4 Å². The first-order valence-corrected chi connectivity index (χ1v) is 7.34. The van der Waals surface area contributed by atoms with Gasteiger partial charge in [-0.05, 0) is 38.0 Å². The predicted octanol–water partition coefficient (Wildman–Crippen LogP) is 1.54. The third-order valence-electron chi connectivity index (χ3n) is 2.92. The Morgan fingerprint density at radius 3 is 2.65 bits per heavy atom. The molecule has 0 bridgehead atoms. The van der Waals surface area contributed by atoms with Crippen LogP contribution in [0.4, 0.5) is 4.79 Å². The molecule has 0 spiro atoms. The standard InChI is InChI=1S/C16H22N2O5/c1-11-6-4-7-13(10-11)22-9-5-8-14(19)23-12(2)15(20)18-16(21)17-3/h4,6-7,10,12H,5,8-9H2,1-3H3,(H2,17,18,20,21). The molecule has 0 saturated carbocycles. The van der Waals surface area contributed by atoms with E-state index in [1.54, 1.807) is 0 Å². The molecule has 0 aromatic heterocycles. The highest BCUT2D eigenvalue weighted by Crippen LogP contribution is 2.12. The summed E-state index contributed by atoms with van der Waals surface area (Å²) >= 11 is 0. The second-order valence-electron chi connectivity index (χ2n) is 4.97. The Balaban J connectivity index is 2.23. The lowest BCUT2D eigenvalue weighted by Gasteiger charge is -2.12. The molecule has 0 saturated heterocycles. The quantitative estimate of drug-likeness (QED) is 0.587. The van der Waals surface area contributed by atoms with Crippen LogP contribution in [-0.2, 0) is 14.3 Å². The van der Waals surface area contributed by atoms with E-state index in [2.05, 4.69) is 5.32 Å². The van der Waals surface area contributed by atoms with Crippen LogP contribution in [0.15, 0.2) is 24.3 Å². The summed E-state index contributed by atoms with van der Waals surface area (Å²) < 4.78 is 10.5. The fourth-order valence-corrected chi connectivity index (χ4v) is 1.70. The molecule has 3 amide bonds. The zero-order chi connectivity index (χ0) is 17.2. The molecule has 0 aliphatic carbocycles. The fourth-order valence-electron chi connectivity index (χ4n) is 1.70. The smallest absolute Gasteiger partial charge is 0.321 e. The maximum atomic E-state index is 11.6. The molecule has 0 aliphatic rings. The van der Waals surface area contributed by atoms with Crippen molar-refractivity contribution in [3.8, 4) is 5.75 Å². The summed E-state index contributed by atoms with van der Waals surface area (Å²) in [5.74, 6) is -0.442. The third kappa shape index (κ3) is 7.30. The summed E-state index contributed by atoms with van der Waals surface area (Å²) in [6, 6.07) is 6.96. The van der Waals surface area contributed by atoms with Gasteiger partial charge in [-0.2, -0.15) is 0 Å². The average molecular weight is 322 g/mol. The number of rotatable bonds is 7. The van der Waals surface area contributed by atoms with Crippen molar-refractivity contribution in [3.63, 3.8) is 0 Å². The molecule has 0 heterocycles. The van der Waals surface area contributed by atoms with Crippen LogP contribution in [0.25, 0.3) is 0 Å². The zero-order valence-electron chi connectivity index (χ0n) is 13.5. The van der Waals surface area contributed by atoms with E-state index in [1.165, 1.54) is 14.0 Å². The summed E-state index contributed by atoms with van der Waals surface area (Å²) in [7, 11) is 1.38. The number of amides is 3. The van der Waals surface area contributed by atoms with Crippen molar-refractivity contribution in [2.45, 2.75) is 32.8 Å². The van der Waals surface area contributed by atoms with E-state index < -0.39 is 24.0 Å². The Morgan fingerprint density at radius 1 is 1.26 bits per heavy atom. The van der Waals surface area contributed by atoms with E-state index in [0.717, 1.165) is 11.3 Å². The van der Waals surface area contributed by atoms with E-state index in [9.17, 15) is 14.4 Å². The van der Waals surface area contributed by atoms with E-state index in [1.807, 2.05) is 36.5 Å². The molecule has 1 rings (SSSR count). The first-order chi connectivity index (χ1) is 10.9. The number of aryl methyl sites for hydroxylation is 1. The second kappa shape index (κ2) is 9.45. The molecule has 126 valence electrons. The Labute approximate surface area is 135 Å². The molecular formula is C16H22N2O5. The number of hydrogen-bond donors (Lipinski definition) is 2. The molecule has 2 N–H and O–H groups in total. The highest BCUT2D eigenvalue weighted by Gasteiger charge is 2.19. The van der Waals surface area contributed by atoms with Crippen LogP contribution in [0.5, 0.6) is 5.75 Å². The molecular weight excluding hydrogens is 300 g/mol. The molecule has 7 nitrogen and oxygen atoms in total. The number of benzene rings is 1. The lowest BCUT2D eigenvalue weighted by Crippen LogP contribution is -2.43. The lowest BCUT2D eigenvalue weighted by molar-refractivity contribution is -0.154. The number of urea groups is 1. The van der Waals surface area contributed by atoms with Crippen LogP contribution in [-0.4, -0.2) is 37.7 Å². The van der Waals surface area contributed by atoms with Crippen molar-refractivity contribution in [2.75, 3.05) is 13.7 Å². The topological polar surface area (TPSA) is 93.7 Å².